The van der Waals surface area contributed by atoms with Crippen LogP contribution in [0.2, 0.25) is 0 Å². The molecule has 0 aliphatic rings. The lowest BCUT2D eigenvalue weighted by Gasteiger charge is -2.15. The Morgan fingerprint density at radius 3 is 2.18 bits per heavy atom. The number of hydrogen-bond acceptors (Lipinski definition) is 5. The Labute approximate surface area is 223 Å². The molecule has 0 aromatic heterocycles. The number of nitrogens with one attached hydrogen (secondary N) is 1. The zero-order valence-corrected chi connectivity index (χ0v) is 22.3. The number of carbonyl (C=O) groups excluding carboxylic acids is 2. The summed E-state index contributed by atoms with van der Waals surface area (Å²) in [6.45, 7) is 1.98. The third-order valence-electron chi connectivity index (χ3n) is 5.51. The minimum absolute atomic E-state index is 0.0247. The van der Waals surface area contributed by atoms with Gasteiger partial charge in [0, 0.05) is 6.42 Å². The highest BCUT2D eigenvalue weighted by molar-refractivity contribution is 5.92. The third-order valence-corrected chi connectivity index (χ3v) is 5.51. The fourth-order valence-corrected chi connectivity index (χ4v) is 3.56. The van der Waals surface area contributed by atoms with Crippen molar-refractivity contribution in [2.45, 2.75) is 32.2 Å². The number of amides is 2. The number of nitrogens with two attached hydrogens (primary N) is 2. The van der Waals surface area contributed by atoms with E-state index in [1.165, 1.54) is 12.7 Å². The van der Waals surface area contributed by atoms with Gasteiger partial charge >= 0.3 is 0 Å². The second-order valence-corrected chi connectivity index (χ2v) is 8.35. The maximum absolute atomic E-state index is 12.0. The first kappa shape index (κ1) is 29.7. The molecule has 3 aromatic rings. The van der Waals surface area contributed by atoms with Gasteiger partial charge in [-0.3, -0.25) is 9.59 Å². The molecule has 0 aliphatic heterocycles. The molecule has 9 nitrogen and oxygen atoms in total. The lowest BCUT2D eigenvalue weighted by molar-refractivity contribution is -0.121. The first-order chi connectivity index (χ1) is 18.2. The number of guanidine groups is 1. The molecule has 0 fully saturated rings. The van der Waals surface area contributed by atoms with Crippen LogP contribution in [0, 0.1) is 0 Å². The standard InChI is InChI=1S/C18H21NO2.C11H15N3O3/c1-14(16-9-6-10-17(13-16)21-2)19-18(20)12-11-15-7-4-3-5-8-15;1-16-8-4-3-7(5-9(8)17-2)6-10(15)14-11(12)13/h3-10,13-14H,11-12H2,1-2H3,(H,19,20);3-5H,6H2,1-2H3,(H4,12,13,14,15). The van der Waals surface area contributed by atoms with Gasteiger partial charge in [-0.05, 0) is 54.3 Å². The molecule has 5 N–H and O–H groups in total. The molecule has 1 unspecified atom stereocenters. The van der Waals surface area contributed by atoms with E-state index >= 15 is 0 Å². The van der Waals surface area contributed by atoms with Crippen molar-refractivity contribution in [1.29, 1.82) is 0 Å². The number of benzene rings is 3. The summed E-state index contributed by atoms with van der Waals surface area (Å²) in [5.74, 6) is 1.38. The number of ether oxygens (including phenoxy) is 3. The Hall–Kier alpha value is -4.53. The maximum atomic E-state index is 12.0. The van der Waals surface area contributed by atoms with E-state index in [4.69, 9.17) is 25.7 Å². The molecule has 0 aliphatic carbocycles. The molecule has 1 atom stereocenters. The van der Waals surface area contributed by atoms with Gasteiger partial charge in [-0.15, -0.1) is 0 Å². The molecule has 0 bridgehead atoms. The van der Waals surface area contributed by atoms with Crippen molar-refractivity contribution >= 4 is 17.8 Å². The normalized spacial score (nSPS) is 10.7. The molecule has 0 heterocycles. The van der Waals surface area contributed by atoms with Crippen LogP contribution in [-0.4, -0.2) is 39.1 Å². The van der Waals surface area contributed by atoms with Crippen LogP contribution in [0.4, 0.5) is 0 Å². The molecule has 3 rings (SSSR count). The van der Waals surface area contributed by atoms with E-state index in [2.05, 4.69) is 10.3 Å². The van der Waals surface area contributed by atoms with Crippen LogP contribution in [0.25, 0.3) is 0 Å². The Kier molecular flexibility index (Phi) is 12.2. The van der Waals surface area contributed by atoms with Crippen LogP contribution in [0.15, 0.2) is 77.8 Å². The predicted molar refractivity (Wildman–Crippen MR) is 148 cm³/mol. The molecular weight excluding hydrogens is 484 g/mol. The van der Waals surface area contributed by atoms with Crippen molar-refractivity contribution < 1.29 is 23.8 Å². The Morgan fingerprint density at radius 2 is 1.55 bits per heavy atom. The number of aryl methyl sites for hydroxylation is 1. The summed E-state index contributed by atoms with van der Waals surface area (Å²) in [4.78, 5) is 26.8. The molecule has 0 saturated carbocycles. The quantitative estimate of drug-likeness (QED) is 0.274. The first-order valence-electron chi connectivity index (χ1n) is 12.1. The summed E-state index contributed by atoms with van der Waals surface area (Å²) in [5.41, 5.74) is 13.2. The average Bonchev–Trinajstić information content (AvgIpc) is 2.92. The van der Waals surface area contributed by atoms with Crippen LogP contribution in [0.1, 0.15) is 36.1 Å². The number of rotatable bonds is 10. The van der Waals surface area contributed by atoms with Gasteiger partial charge in [0.25, 0.3) is 5.91 Å². The lowest BCUT2D eigenvalue weighted by atomic mass is 10.1. The summed E-state index contributed by atoms with van der Waals surface area (Å²) in [6.07, 6.45) is 1.37. The van der Waals surface area contributed by atoms with Gasteiger partial charge in [0.15, 0.2) is 17.5 Å². The maximum Gasteiger partial charge on any atom is 0.253 e. The topological polar surface area (TPSA) is 138 Å². The summed E-state index contributed by atoms with van der Waals surface area (Å²) in [7, 11) is 4.71. The highest BCUT2D eigenvalue weighted by Gasteiger charge is 2.10. The Morgan fingerprint density at radius 1 is 0.842 bits per heavy atom. The molecule has 202 valence electrons. The smallest absolute Gasteiger partial charge is 0.253 e. The molecule has 0 saturated heterocycles. The third kappa shape index (κ3) is 10.2. The van der Waals surface area contributed by atoms with Gasteiger partial charge in [0.05, 0.1) is 33.8 Å². The number of nitrogens with zero attached hydrogens (tertiary/aromatic N) is 1. The van der Waals surface area contributed by atoms with Crippen LogP contribution in [0.5, 0.6) is 17.2 Å². The summed E-state index contributed by atoms with van der Waals surface area (Å²) in [6, 6.07) is 23.0. The van der Waals surface area contributed by atoms with Gasteiger partial charge in [0.2, 0.25) is 5.91 Å². The van der Waals surface area contributed by atoms with E-state index < -0.39 is 5.91 Å². The molecule has 0 radical (unpaired) electrons. The zero-order chi connectivity index (χ0) is 27.9. The van der Waals surface area contributed by atoms with Gasteiger partial charge < -0.3 is 31.0 Å². The predicted octanol–water partition coefficient (Wildman–Crippen LogP) is 3.55. The minimum atomic E-state index is -0.405. The summed E-state index contributed by atoms with van der Waals surface area (Å²) < 4.78 is 15.4. The van der Waals surface area contributed by atoms with E-state index in [-0.39, 0.29) is 24.3 Å². The van der Waals surface area contributed by atoms with Gasteiger partial charge in [-0.1, -0.05) is 48.5 Å². The van der Waals surface area contributed by atoms with Gasteiger partial charge in [-0.25, -0.2) is 0 Å². The summed E-state index contributed by atoms with van der Waals surface area (Å²) in [5, 5.41) is 3.02. The van der Waals surface area contributed by atoms with E-state index in [9.17, 15) is 9.59 Å². The van der Waals surface area contributed by atoms with E-state index in [1.54, 1.807) is 32.4 Å². The molecule has 3 aromatic carbocycles. The molecular formula is C29H36N4O5. The van der Waals surface area contributed by atoms with Crippen LogP contribution in [-0.2, 0) is 22.4 Å². The zero-order valence-electron chi connectivity index (χ0n) is 22.3. The Balaban J connectivity index is 0.000000273. The van der Waals surface area contributed by atoms with Crippen molar-refractivity contribution in [3.63, 3.8) is 0 Å². The van der Waals surface area contributed by atoms with Crippen molar-refractivity contribution in [3.8, 4) is 17.2 Å². The van der Waals surface area contributed by atoms with Crippen molar-refractivity contribution in [3.05, 3.63) is 89.5 Å². The second-order valence-electron chi connectivity index (χ2n) is 8.35. The van der Waals surface area contributed by atoms with E-state index in [0.29, 0.717) is 17.9 Å². The van der Waals surface area contributed by atoms with Crippen LogP contribution in [0.3, 0.4) is 0 Å². The lowest BCUT2D eigenvalue weighted by Crippen LogP contribution is -2.26. The molecule has 38 heavy (non-hydrogen) atoms. The number of methoxy groups -OCH3 is 3. The fraction of sp³-hybridized carbons (Fsp3) is 0.276. The van der Waals surface area contributed by atoms with Crippen LogP contribution >= 0.6 is 0 Å². The Bertz CT molecular complexity index is 1210. The largest absolute Gasteiger partial charge is 0.497 e. The van der Waals surface area contributed by atoms with Crippen molar-refractivity contribution in [1.82, 2.24) is 5.32 Å². The average molecular weight is 521 g/mol. The molecule has 2 amide bonds. The van der Waals surface area contributed by atoms with Crippen molar-refractivity contribution in [2.75, 3.05) is 21.3 Å². The fourth-order valence-electron chi connectivity index (χ4n) is 3.56. The number of aliphatic imine (C=N–C) groups is 1. The monoisotopic (exact) mass is 520 g/mol. The molecule has 9 heteroatoms. The van der Waals surface area contributed by atoms with Gasteiger partial charge in [-0.2, -0.15) is 4.99 Å². The molecule has 0 spiro atoms. The van der Waals surface area contributed by atoms with Crippen molar-refractivity contribution in [2.24, 2.45) is 16.5 Å². The van der Waals surface area contributed by atoms with E-state index in [0.717, 1.165) is 23.3 Å². The number of carbonyl (C=O) groups is 2. The number of hydrogen-bond donors (Lipinski definition) is 3. The summed E-state index contributed by atoms with van der Waals surface area (Å²) >= 11 is 0. The second kappa shape index (κ2) is 15.6. The first-order valence-corrected chi connectivity index (χ1v) is 12.1. The highest BCUT2D eigenvalue weighted by Crippen LogP contribution is 2.27. The SMILES string of the molecule is COc1ccc(CC(=O)N=C(N)N)cc1OC.COc1cccc(C(C)NC(=O)CCc2ccccc2)c1. The minimum Gasteiger partial charge on any atom is -0.497 e. The van der Waals surface area contributed by atoms with Gasteiger partial charge in [0.1, 0.15) is 5.75 Å². The van der Waals surface area contributed by atoms with E-state index in [1.807, 2.05) is 61.5 Å². The highest BCUT2D eigenvalue weighted by atomic mass is 16.5. The van der Waals surface area contributed by atoms with Crippen LogP contribution < -0.4 is 31.0 Å².